The molecule has 2 aromatic carbocycles. The number of hydrazone groups is 1. The number of halogens is 3. The molecule has 2 amide bonds. The van der Waals surface area contributed by atoms with Crippen LogP contribution in [-0.2, 0) is 15.8 Å². The Kier molecular flexibility index (Phi) is 6.39. The van der Waals surface area contributed by atoms with Gasteiger partial charge in [-0.2, -0.15) is 18.3 Å². The number of nitrogens with one attached hydrogen (secondary N) is 1. The number of carbonyl (C=O) groups excluding carboxylic acids is 2. The van der Waals surface area contributed by atoms with E-state index in [4.69, 9.17) is 4.74 Å². The molecule has 0 radical (unpaired) electrons. The maximum Gasteiger partial charge on any atom is 0.417 e. The third kappa shape index (κ3) is 4.97. The zero-order valence-electron chi connectivity index (χ0n) is 16.1. The largest absolute Gasteiger partial charge is 0.494 e. The van der Waals surface area contributed by atoms with E-state index in [-0.39, 0.29) is 24.4 Å². The number of ether oxygens (including phenoxy) is 1. The number of carbonyl (C=O) groups is 2. The summed E-state index contributed by atoms with van der Waals surface area (Å²) in [4.78, 5) is 26.1. The lowest BCUT2D eigenvalue weighted by atomic mass is 10.1. The smallest absolute Gasteiger partial charge is 0.417 e. The Morgan fingerprint density at radius 3 is 2.60 bits per heavy atom. The normalized spacial score (nSPS) is 16.9. The summed E-state index contributed by atoms with van der Waals surface area (Å²) in [6.45, 7) is 2.55. The summed E-state index contributed by atoms with van der Waals surface area (Å²) < 4.78 is 44.4. The van der Waals surface area contributed by atoms with Gasteiger partial charge in [0.15, 0.2) is 0 Å². The van der Waals surface area contributed by atoms with E-state index in [0.29, 0.717) is 18.0 Å². The van der Waals surface area contributed by atoms with Crippen LogP contribution in [0.15, 0.2) is 53.6 Å². The van der Waals surface area contributed by atoms with E-state index >= 15 is 0 Å². The summed E-state index contributed by atoms with van der Waals surface area (Å²) in [7, 11) is 0. The second-order valence-corrected chi connectivity index (χ2v) is 6.65. The Balaban J connectivity index is 1.62. The fourth-order valence-corrected chi connectivity index (χ4v) is 3.15. The van der Waals surface area contributed by atoms with Crippen LogP contribution in [0.2, 0.25) is 0 Å². The Morgan fingerprint density at radius 1 is 1.23 bits per heavy atom. The van der Waals surface area contributed by atoms with Crippen molar-refractivity contribution in [3.8, 4) is 5.75 Å². The van der Waals surface area contributed by atoms with Gasteiger partial charge >= 0.3 is 6.18 Å². The molecule has 1 atom stereocenters. The van der Waals surface area contributed by atoms with E-state index in [1.54, 1.807) is 24.3 Å². The zero-order chi connectivity index (χ0) is 21.7. The molecule has 2 aromatic rings. The van der Waals surface area contributed by atoms with Gasteiger partial charge in [-0.25, -0.2) is 5.43 Å². The molecule has 1 N–H and O–H groups in total. The van der Waals surface area contributed by atoms with Gasteiger partial charge in [-0.15, -0.1) is 0 Å². The summed E-state index contributed by atoms with van der Waals surface area (Å²) >= 11 is 0. The van der Waals surface area contributed by atoms with Crippen LogP contribution in [0.25, 0.3) is 0 Å². The van der Waals surface area contributed by atoms with Gasteiger partial charge in [0.1, 0.15) is 5.75 Å². The molecular formula is C21H20F3N3O3. The highest BCUT2D eigenvalue weighted by atomic mass is 19.4. The van der Waals surface area contributed by atoms with Crippen LogP contribution in [0.4, 0.5) is 18.9 Å². The Hall–Kier alpha value is -3.36. The number of hydrogen-bond acceptors (Lipinski definition) is 4. The molecule has 0 saturated carbocycles. The van der Waals surface area contributed by atoms with Crippen LogP contribution < -0.4 is 15.1 Å². The van der Waals surface area contributed by atoms with E-state index in [0.717, 1.165) is 12.3 Å². The lowest BCUT2D eigenvalue weighted by Crippen LogP contribution is -2.30. The molecule has 1 aliphatic heterocycles. The molecule has 1 heterocycles. The van der Waals surface area contributed by atoms with E-state index in [2.05, 4.69) is 10.5 Å². The standard InChI is InChI=1S/C21H20F3N3O3/c1-2-30-17-9-7-16(8-10-17)27-13-15(11-19(27)28)20(29)26-25-12-14-5-3-4-6-18(14)21(22,23)24/h3-10,12,15H,2,11,13H2,1H3,(H,26,29)/b25-12-/t15-/m1/s1. The molecular weight excluding hydrogens is 399 g/mol. The molecule has 1 saturated heterocycles. The van der Waals surface area contributed by atoms with Crippen LogP contribution >= 0.6 is 0 Å². The molecule has 0 bridgehead atoms. The Labute approximate surface area is 171 Å². The van der Waals surface area contributed by atoms with Gasteiger partial charge in [0.2, 0.25) is 11.8 Å². The van der Waals surface area contributed by atoms with Crippen LogP contribution in [-0.4, -0.2) is 31.2 Å². The van der Waals surface area contributed by atoms with Crippen molar-refractivity contribution in [3.05, 3.63) is 59.7 Å². The van der Waals surface area contributed by atoms with Crippen molar-refractivity contribution < 1.29 is 27.5 Å². The van der Waals surface area contributed by atoms with E-state index in [1.807, 2.05) is 6.92 Å². The number of rotatable bonds is 6. The number of anilines is 1. The predicted molar refractivity (Wildman–Crippen MR) is 105 cm³/mol. The molecule has 0 spiro atoms. The lowest BCUT2D eigenvalue weighted by Gasteiger charge is -2.17. The summed E-state index contributed by atoms with van der Waals surface area (Å²) in [5, 5.41) is 3.64. The van der Waals surface area contributed by atoms with Crippen molar-refractivity contribution in [2.24, 2.45) is 11.0 Å². The van der Waals surface area contributed by atoms with Gasteiger partial charge < -0.3 is 9.64 Å². The number of amides is 2. The van der Waals surface area contributed by atoms with E-state index < -0.39 is 23.6 Å². The second-order valence-electron chi connectivity index (χ2n) is 6.65. The fraction of sp³-hybridized carbons (Fsp3) is 0.286. The highest BCUT2D eigenvalue weighted by Gasteiger charge is 2.35. The molecule has 3 rings (SSSR count). The first-order chi connectivity index (χ1) is 14.3. The first-order valence-corrected chi connectivity index (χ1v) is 9.32. The minimum absolute atomic E-state index is 0.00625. The van der Waals surface area contributed by atoms with Crippen molar-refractivity contribution in [2.45, 2.75) is 19.5 Å². The van der Waals surface area contributed by atoms with Crippen molar-refractivity contribution >= 4 is 23.7 Å². The van der Waals surface area contributed by atoms with Gasteiger partial charge in [-0.05, 0) is 37.3 Å². The SMILES string of the molecule is CCOc1ccc(N2C[C@H](C(=O)N/N=C\c3ccccc3C(F)(F)F)CC2=O)cc1. The van der Waals surface area contributed by atoms with Gasteiger partial charge in [-0.3, -0.25) is 9.59 Å². The van der Waals surface area contributed by atoms with Crippen LogP contribution in [0.3, 0.4) is 0 Å². The van der Waals surface area contributed by atoms with Crippen molar-refractivity contribution in [3.63, 3.8) is 0 Å². The number of alkyl halides is 3. The first-order valence-electron chi connectivity index (χ1n) is 9.32. The van der Waals surface area contributed by atoms with Crippen molar-refractivity contribution in [1.82, 2.24) is 5.43 Å². The summed E-state index contributed by atoms with van der Waals surface area (Å²) in [5.41, 5.74) is 1.86. The van der Waals surface area contributed by atoms with Gasteiger partial charge in [0.25, 0.3) is 0 Å². The fourth-order valence-electron chi connectivity index (χ4n) is 3.15. The van der Waals surface area contributed by atoms with Crippen LogP contribution in [0.1, 0.15) is 24.5 Å². The number of hydrogen-bond donors (Lipinski definition) is 1. The van der Waals surface area contributed by atoms with Crippen molar-refractivity contribution in [2.75, 3.05) is 18.1 Å². The molecule has 1 fully saturated rings. The molecule has 0 aromatic heterocycles. The van der Waals surface area contributed by atoms with Gasteiger partial charge in [-0.1, -0.05) is 18.2 Å². The topological polar surface area (TPSA) is 71.0 Å². The van der Waals surface area contributed by atoms with Crippen molar-refractivity contribution in [1.29, 1.82) is 0 Å². The highest BCUT2D eigenvalue weighted by molar-refractivity contribution is 6.00. The summed E-state index contributed by atoms with van der Waals surface area (Å²) in [6.07, 6.45) is -3.59. The van der Waals surface area contributed by atoms with Crippen LogP contribution in [0, 0.1) is 5.92 Å². The average molecular weight is 419 g/mol. The molecule has 0 unspecified atom stereocenters. The average Bonchev–Trinajstić information content (AvgIpc) is 3.10. The maximum atomic E-state index is 13.0. The highest BCUT2D eigenvalue weighted by Crippen LogP contribution is 2.31. The molecule has 6 nitrogen and oxygen atoms in total. The Morgan fingerprint density at radius 2 is 1.93 bits per heavy atom. The molecule has 1 aliphatic rings. The lowest BCUT2D eigenvalue weighted by molar-refractivity contribution is -0.137. The predicted octanol–water partition coefficient (Wildman–Crippen LogP) is 3.61. The first kappa shape index (κ1) is 21.4. The Bertz CT molecular complexity index is 943. The molecule has 9 heteroatoms. The van der Waals surface area contributed by atoms with Gasteiger partial charge in [0, 0.05) is 24.2 Å². The van der Waals surface area contributed by atoms with E-state index in [9.17, 15) is 22.8 Å². The molecule has 0 aliphatic carbocycles. The zero-order valence-corrected chi connectivity index (χ0v) is 16.1. The monoisotopic (exact) mass is 419 g/mol. The molecule has 30 heavy (non-hydrogen) atoms. The third-order valence-corrected chi connectivity index (χ3v) is 4.60. The second kappa shape index (κ2) is 8.98. The molecule has 158 valence electrons. The van der Waals surface area contributed by atoms with Crippen LogP contribution in [0.5, 0.6) is 5.75 Å². The van der Waals surface area contributed by atoms with E-state index in [1.165, 1.54) is 23.1 Å². The maximum absolute atomic E-state index is 13.0. The summed E-state index contributed by atoms with van der Waals surface area (Å²) in [5.74, 6) is -0.724. The minimum Gasteiger partial charge on any atom is -0.494 e. The number of nitrogens with zero attached hydrogens (tertiary/aromatic N) is 2. The van der Waals surface area contributed by atoms with Gasteiger partial charge in [0.05, 0.1) is 24.3 Å². The minimum atomic E-state index is -4.53. The summed E-state index contributed by atoms with van der Waals surface area (Å²) in [6, 6.07) is 11.9. The quantitative estimate of drug-likeness (QED) is 0.575. The number of benzene rings is 2. The third-order valence-electron chi connectivity index (χ3n) is 4.60.